The molecule has 2 rings (SSSR count). The summed E-state index contributed by atoms with van der Waals surface area (Å²) in [7, 11) is 0. The summed E-state index contributed by atoms with van der Waals surface area (Å²) in [5, 5.41) is 9.45. The summed E-state index contributed by atoms with van der Waals surface area (Å²) in [6.45, 7) is 5.44. The lowest BCUT2D eigenvalue weighted by Crippen LogP contribution is -2.35. The molecule has 1 saturated heterocycles. The molecule has 0 spiro atoms. The summed E-state index contributed by atoms with van der Waals surface area (Å²) < 4.78 is 0. The number of rotatable bonds is 2. The molecule has 1 heterocycles. The topological polar surface area (TPSA) is 49.5 Å². The number of nitrogen functional groups attached to an aromatic ring is 1. The molecule has 3 heteroatoms. The van der Waals surface area contributed by atoms with E-state index in [-0.39, 0.29) is 12.6 Å². The smallest absolute Gasteiger partial charge is 0.0637 e. The molecule has 88 valence electrons. The second kappa shape index (κ2) is 4.34. The summed E-state index contributed by atoms with van der Waals surface area (Å²) in [6, 6.07) is 6.29. The average Bonchev–Trinajstić information content (AvgIpc) is 2.63. The van der Waals surface area contributed by atoms with Crippen LogP contribution in [0.15, 0.2) is 18.2 Å². The number of aliphatic hydroxyl groups is 1. The van der Waals surface area contributed by atoms with E-state index in [2.05, 4.69) is 24.8 Å². The monoisotopic (exact) mass is 220 g/mol. The van der Waals surface area contributed by atoms with Crippen molar-refractivity contribution in [1.29, 1.82) is 0 Å². The van der Waals surface area contributed by atoms with Crippen LogP contribution >= 0.6 is 0 Å². The molecule has 1 aromatic carbocycles. The zero-order valence-electron chi connectivity index (χ0n) is 9.98. The van der Waals surface area contributed by atoms with Gasteiger partial charge in [0, 0.05) is 6.54 Å². The summed E-state index contributed by atoms with van der Waals surface area (Å²) in [4.78, 5) is 2.24. The van der Waals surface area contributed by atoms with Crippen LogP contribution in [0, 0.1) is 12.8 Å². The third kappa shape index (κ3) is 1.87. The van der Waals surface area contributed by atoms with Gasteiger partial charge in [-0.05, 0) is 37.0 Å². The normalized spacial score (nSPS) is 25.1. The first-order valence-corrected chi connectivity index (χ1v) is 5.87. The Bertz CT molecular complexity index is 378. The van der Waals surface area contributed by atoms with Crippen molar-refractivity contribution < 1.29 is 5.11 Å². The number of anilines is 2. The van der Waals surface area contributed by atoms with E-state index in [1.54, 1.807) is 0 Å². The van der Waals surface area contributed by atoms with Crippen LogP contribution in [0.1, 0.15) is 18.9 Å². The van der Waals surface area contributed by atoms with Crippen molar-refractivity contribution in [1.82, 2.24) is 0 Å². The Morgan fingerprint density at radius 3 is 2.94 bits per heavy atom. The summed E-state index contributed by atoms with van der Waals surface area (Å²) >= 11 is 0. The van der Waals surface area contributed by atoms with Crippen LogP contribution in [-0.4, -0.2) is 24.3 Å². The molecule has 1 aliphatic heterocycles. The van der Waals surface area contributed by atoms with E-state index in [0.29, 0.717) is 5.92 Å². The van der Waals surface area contributed by atoms with Gasteiger partial charge in [0.25, 0.3) is 0 Å². The minimum atomic E-state index is 0.203. The first kappa shape index (κ1) is 11.3. The Labute approximate surface area is 96.9 Å². The Hall–Kier alpha value is -1.22. The van der Waals surface area contributed by atoms with E-state index in [1.807, 2.05) is 12.1 Å². The van der Waals surface area contributed by atoms with Crippen molar-refractivity contribution in [2.24, 2.45) is 5.92 Å². The van der Waals surface area contributed by atoms with Gasteiger partial charge in [-0.2, -0.15) is 0 Å². The van der Waals surface area contributed by atoms with Crippen LogP contribution in [0.3, 0.4) is 0 Å². The van der Waals surface area contributed by atoms with Gasteiger partial charge in [-0.1, -0.05) is 13.0 Å². The molecule has 0 amide bonds. The number of hydrogen-bond acceptors (Lipinski definition) is 3. The van der Waals surface area contributed by atoms with E-state index in [0.717, 1.165) is 24.3 Å². The molecular weight excluding hydrogens is 200 g/mol. The highest BCUT2D eigenvalue weighted by atomic mass is 16.3. The van der Waals surface area contributed by atoms with Gasteiger partial charge in [0.05, 0.1) is 24.0 Å². The molecule has 3 N–H and O–H groups in total. The molecule has 0 aliphatic carbocycles. The maximum Gasteiger partial charge on any atom is 0.0637 e. The standard InChI is InChI=1S/C13H20N2O/c1-9-3-4-11(14)12(7-9)15-6-5-10(2)13(15)8-16/h3-4,7,10,13,16H,5-6,8,14H2,1-2H3. The highest BCUT2D eigenvalue weighted by Gasteiger charge is 2.31. The Kier molecular flexibility index (Phi) is 3.06. The highest BCUT2D eigenvalue weighted by Crippen LogP contribution is 2.33. The van der Waals surface area contributed by atoms with Gasteiger partial charge in [-0.15, -0.1) is 0 Å². The molecule has 3 nitrogen and oxygen atoms in total. The largest absolute Gasteiger partial charge is 0.397 e. The molecule has 0 saturated carbocycles. The van der Waals surface area contributed by atoms with Crippen LogP contribution in [-0.2, 0) is 0 Å². The van der Waals surface area contributed by atoms with Crippen molar-refractivity contribution in [2.75, 3.05) is 23.8 Å². The molecule has 2 atom stereocenters. The van der Waals surface area contributed by atoms with Crippen molar-refractivity contribution in [3.05, 3.63) is 23.8 Å². The van der Waals surface area contributed by atoms with Crippen molar-refractivity contribution >= 4 is 11.4 Å². The minimum Gasteiger partial charge on any atom is -0.397 e. The van der Waals surface area contributed by atoms with Gasteiger partial charge in [0.1, 0.15) is 0 Å². The van der Waals surface area contributed by atoms with E-state index >= 15 is 0 Å². The Morgan fingerprint density at radius 1 is 1.50 bits per heavy atom. The Balaban J connectivity index is 2.33. The lowest BCUT2D eigenvalue weighted by Gasteiger charge is -2.28. The summed E-state index contributed by atoms with van der Waals surface area (Å²) in [5.41, 5.74) is 9.09. The molecule has 0 bridgehead atoms. The van der Waals surface area contributed by atoms with Gasteiger partial charge < -0.3 is 15.7 Å². The number of hydrogen-bond donors (Lipinski definition) is 2. The molecule has 0 radical (unpaired) electrons. The predicted molar refractivity (Wildman–Crippen MR) is 67.6 cm³/mol. The van der Waals surface area contributed by atoms with Crippen LogP contribution in [0.25, 0.3) is 0 Å². The lowest BCUT2D eigenvalue weighted by molar-refractivity contribution is 0.245. The predicted octanol–water partition coefficient (Wildman–Crippen LogP) is 1.78. The SMILES string of the molecule is Cc1ccc(N)c(N2CCC(C)C2CO)c1. The van der Waals surface area contributed by atoms with Crippen molar-refractivity contribution in [3.63, 3.8) is 0 Å². The van der Waals surface area contributed by atoms with Gasteiger partial charge in [0.2, 0.25) is 0 Å². The maximum absolute atomic E-state index is 9.45. The molecule has 1 aliphatic rings. The number of benzene rings is 1. The molecule has 1 fully saturated rings. The number of nitrogens with two attached hydrogens (primary N) is 1. The van der Waals surface area contributed by atoms with Crippen LogP contribution in [0.4, 0.5) is 11.4 Å². The van der Waals surface area contributed by atoms with E-state index < -0.39 is 0 Å². The number of aliphatic hydroxyl groups excluding tert-OH is 1. The van der Waals surface area contributed by atoms with Gasteiger partial charge >= 0.3 is 0 Å². The second-order valence-corrected chi connectivity index (χ2v) is 4.77. The third-order valence-corrected chi connectivity index (χ3v) is 3.56. The van der Waals surface area contributed by atoms with Crippen molar-refractivity contribution in [3.8, 4) is 0 Å². The van der Waals surface area contributed by atoms with Gasteiger partial charge in [-0.3, -0.25) is 0 Å². The lowest BCUT2D eigenvalue weighted by atomic mass is 10.0. The molecular formula is C13H20N2O. The quantitative estimate of drug-likeness (QED) is 0.747. The maximum atomic E-state index is 9.45. The molecule has 0 aromatic heterocycles. The van der Waals surface area contributed by atoms with Crippen molar-refractivity contribution in [2.45, 2.75) is 26.3 Å². The van der Waals surface area contributed by atoms with Crippen LogP contribution < -0.4 is 10.6 Å². The van der Waals surface area contributed by atoms with Crippen LogP contribution in [0.5, 0.6) is 0 Å². The first-order chi connectivity index (χ1) is 7.63. The molecule has 1 aromatic rings. The van der Waals surface area contributed by atoms with Crippen LogP contribution in [0.2, 0.25) is 0 Å². The zero-order valence-corrected chi connectivity index (χ0v) is 9.98. The number of aryl methyl sites for hydroxylation is 1. The minimum absolute atomic E-state index is 0.203. The second-order valence-electron chi connectivity index (χ2n) is 4.77. The molecule has 2 unspecified atom stereocenters. The molecule has 16 heavy (non-hydrogen) atoms. The average molecular weight is 220 g/mol. The van der Waals surface area contributed by atoms with Gasteiger partial charge in [-0.25, -0.2) is 0 Å². The number of nitrogens with zero attached hydrogens (tertiary/aromatic N) is 1. The van der Waals surface area contributed by atoms with E-state index in [1.165, 1.54) is 5.56 Å². The van der Waals surface area contributed by atoms with Gasteiger partial charge in [0.15, 0.2) is 0 Å². The third-order valence-electron chi connectivity index (χ3n) is 3.56. The fourth-order valence-corrected chi connectivity index (χ4v) is 2.49. The zero-order chi connectivity index (χ0) is 11.7. The van der Waals surface area contributed by atoms with E-state index in [4.69, 9.17) is 5.73 Å². The summed E-state index contributed by atoms with van der Waals surface area (Å²) in [6.07, 6.45) is 1.12. The van der Waals surface area contributed by atoms with E-state index in [9.17, 15) is 5.11 Å². The fourth-order valence-electron chi connectivity index (χ4n) is 2.49. The Morgan fingerprint density at radius 2 is 2.25 bits per heavy atom. The summed E-state index contributed by atoms with van der Waals surface area (Å²) in [5.74, 6) is 0.532. The highest BCUT2D eigenvalue weighted by molar-refractivity contribution is 5.69. The first-order valence-electron chi connectivity index (χ1n) is 5.87. The fraction of sp³-hybridized carbons (Fsp3) is 0.538.